The number of nitrogens with two attached hydrogens (primary N) is 1. The predicted octanol–water partition coefficient (Wildman–Crippen LogP) is -0.667. The van der Waals surface area contributed by atoms with E-state index < -0.39 is 24.0 Å². The van der Waals surface area contributed by atoms with Crippen LogP contribution in [0.15, 0.2) is 0 Å². The Bertz CT molecular complexity index is 298. The standard InChI is InChI=1S/C11H18N2O4/c1-3-5-9(11(15)16)13-10(14)8(12)6-4-7-17-2/h1,8-9H,4-7,12H2,2H3,(H,13,14)(H,15,16). The molecule has 6 heteroatoms. The third-order valence-corrected chi connectivity index (χ3v) is 2.14. The molecule has 0 aromatic rings. The van der Waals surface area contributed by atoms with Gasteiger partial charge in [0.15, 0.2) is 0 Å². The summed E-state index contributed by atoms with van der Waals surface area (Å²) < 4.78 is 4.82. The number of ether oxygens (including phenoxy) is 1. The molecule has 4 N–H and O–H groups in total. The molecule has 1 amide bonds. The van der Waals surface area contributed by atoms with Crippen LogP contribution in [-0.2, 0) is 14.3 Å². The molecule has 17 heavy (non-hydrogen) atoms. The van der Waals surface area contributed by atoms with E-state index in [-0.39, 0.29) is 6.42 Å². The molecule has 0 rings (SSSR count). The van der Waals surface area contributed by atoms with Gasteiger partial charge in [-0.15, -0.1) is 12.3 Å². The first-order valence-corrected chi connectivity index (χ1v) is 5.24. The van der Waals surface area contributed by atoms with E-state index >= 15 is 0 Å². The molecule has 2 unspecified atom stereocenters. The van der Waals surface area contributed by atoms with Gasteiger partial charge in [0.05, 0.1) is 6.04 Å². The molecule has 2 atom stereocenters. The number of terminal acetylenes is 1. The summed E-state index contributed by atoms with van der Waals surface area (Å²) in [4.78, 5) is 22.3. The Morgan fingerprint density at radius 2 is 2.24 bits per heavy atom. The molecule has 0 saturated heterocycles. The van der Waals surface area contributed by atoms with Crippen molar-refractivity contribution < 1.29 is 19.4 Å². The molecular weight excluding hydrogens is 224 g/mol. The lowest BCUT2D eigenvalue weighted by atomic mass is 10.1. The predicted molar refractivity (Wildman–Crippen MR) is 62.1 cm³/mol. The largest absolute Gasteiger partial charge is 0.480 e. The van der Waals surface area contributed by atoms with Gasteiger partial charge in [-0.2, -0.15) is 0 Å². The van der Waals surface area contributed by atoms with Crippen LogP contribution in [0.1, 0.15) is 19.3 Å². The van der Waals surface area contributed by atoms with Gasteiger partial charge in [0, 0.05) is 20.1 Å². The average molecular weight is 242 g/mol. The van der Waals surface area contributed by atoms with Crippen LogP contribution in [0.2, 0.25) is 0 Å². The Kier molecular flexibility index (Phi) is 7.76. The van der Waals surface area contributed by atoms with Gasteiger partial charge in [-0.3, -0.25) is 4.79 Å². The van der Waals surface area contributed by atoms with E-state index in [9.17, 15) is 9.59 Å². The van der Waals surface area contributed by atoms with Gasteiger partial charge in [0.2, 0.25) is 5.91 Å². The first-order chi connectivity index (χ1) is 8.02. The van der Waals surface area contributed by atoms with Gasteiger partial charge in [-0.25, -0.2) is 4.79 Å². The maximum Gasteiger partial charge on any atom is 0.327 e. The number of methoxy groups -OCH3 is 1. The minimum absolute atomic E-state index is 0.0636. The average Bonchev–Trinajstić information content (AvgIpc) is 2.28. The van der Waals surface area contributed by atoms with Gasteiger partial charge >= 0.3 is 5.97 Å². The number of carbonyl (C=O) groups excluding carboxylic acids is 1. The highest BCUT2D eigenvalue weighted by atomic mass is 16.5. The van der Waals surface area contributed by atoms with Crippen LogP contribution in [0.25, 0.3) is 0 Å². The molecule has 0 radical (unpaired) electrons. The zero-order valence-electron chi connectivity index (χ0n) is 9.81. The highest BCUT2D eigenvalue weighted by molar-refractivity contribution is 5.86. The third-order valence-electron chi connectivity index (χ3n) is 2.14. The molecule has 0 saturated carbocycles. The maximum absolute atomic E-state index is 11.5. The lowest BCUT2D eigenvalue weighted by Gasteiger charge is -2.16. The lowest BCUT2D eigenvalue weighted by Crippen LogP contribution is -2.48. The van der Waals surface area contributed by atoms with Crippen LogP contribution >= 0.6 is 0 Å². The second-order valence-electron chi connectivity index (χ2n) is 3.55. The van der Waals surface area contributed by atoms with Gasteiger partial charge in [0.25, 0.3) is 0 Å². The first kappa shape index (κ1) is 15.4. The minimum Gasteiger partial charge on any atom is -0.480 e. The van der Waals surface area contributed by atoms with E-state index in [0.29, 0.717) is 19.4 Å². The zero-order valence-corrected chi connectivity index (χ0v) is 9.81. The van der Waals surface area contributed by atoms with E-state index in [2.05, 4.69) is 11.2 Å². The summed E-state index contributed by atoms with van der Waals surface area (Å²) in [7, 11) is 1.55. The Morgan fingerprint density at radius 3 is 2.71 bits per heavy atom. The number of carboxylic acid groups (broad SMARTS) is 1. The number of hydrogen-bond donors (Lipinski definition) is 3. The summed E-state index contributed by atoms with van der Waals surface area (Å²) in [5, 5.41) is 11.1. The normalized spacial score (nSPS) is 13.5. The Morgan fingerprint density at radius 1 is 1.59 bits per heavy atom. The van der Waals surface area contributed by atoms with Gasteiger partial charge in [-0.05, 0) is 12.8 Å². The van der Waals surface area contributed by atoms with Gasteiger partial charge in [0.1, 0.15) is 6.04 Å². The minimum atomic E-state index is -1.17. The summed E-state index contributed by atoms with van der Waals surface area (Å²) >= 11 is 0. The smallest absolute Gasteiger partial charge is 0.327 e. The zero-order chi connectivity index (χ0) is 13.3. The maximum atomic E-state index is 11.5. The van der Waals surface area contributed by atoms with E-state index in [1.807, 2.05) is 0 Å². The van der Waals surface area contributed by atoms with Crippen molar-refractivity contribution in [3.05, 3.63) is 0 Å². The van der Waals surface area contributed by atoms with Crippen molar-refractivity contribution in [1.82, 2.24) is 5.32 Å². The third kappa shape index (κ3) is 6.56. The first-order valence-electron chi connectivity index (χ1n) is 5.24. The highest BCUT2D eigenvalue weighted by Gasteiger charge is 2.22. The second-order valence-corrected chi connectivity index (χ2v) is 3.55. The molecule has 0 bridgehead atoms. The van der Waals surface area contributed by atoms with E-state index in [4.69, 9.17) is 22.0 Å². The molecule has 0 aliphatic rings. The lowest BCUT2D eigenvalue weighted by molar-refractivity contribution is -0.141. The van der Waals surface area contributed by atoms with Gasteiger partial charge in [-0.1, -0.05) is 0 Å². The highest BCUT2D eigenvalue weighted by Crippen LogP contribution is 1.98. The summed E-state index contributed by atoms with van der Waals surface area (Å²) in [5.41, 5.74) is 5.59. The molecule has 0 fully saturated rings. The van der Waals surface area contributed by atoms with Crippen molar-refractivity contribution in [2.75, 3.05) is 13.7 Å². The number of carboxylic acids is 1. The molecule has 96 valence electrons. The molecular formula is C11H18N2O4. The van der Waals surface area contributed by atoms with E-state index in [1.165, 1.54) is 0 Å². The molecule has 0 aliphatic carbocycles. The van der Waals surface area contributed by atoms with Crippen LogP contribution in [0.3, 0.4) is 0 Å². The van der Waals surface area contributed by atoms with Crippen molar-refractivity contribution in [1.29, 1.82) is 0 Å². The number of hydrogen-bond acceptors (Lipinski definition) is 4. The Hall–Kier alpha value is -1.58. The second kappa shape index (κ2) is 8.56. The Balaban J connectivity index is 4.12. The fourth-order valence-corrected chi connectivity index (χ4v) is 1.18. The number of rotatable bonds is 8. The molecule has 0 heterocycles. The molecule has 0 spiro atoms. The van der Waals surface area contributed by atoms with Gasteiger partial charge < -0.3 is 20.9 Å². The summed E-state index contributed by atoms with van der Waals surface area (Å²) in [6.45, 7) is 0.508. The van der Waals surface area contributed by atoms with Crippen LogP contribution in [0.4, 0.5) is 0 Å². The van der Waals surface area contributed by atoms with Crippen LogP contribution in [0.5, 0.6) is 0 Å². The fraction of sp³-hybridized carbons (Fsp3) is 0.636. The monoisotopic (exact) mass is 242 g/mol. The van der Waals surface area contributed by atoms with E-state index in [0.717, 1.165) is 0 Å². The molecule has 0 aromatic carbocycles. The van der Waals surface area contributed by atoms with Crippen LogP contribution in [0, 0.1) is 12.3 Å². The van der Waals surface area contributed by atoms with Crippen molar-refractivity contribution in [3.63, 3.8) is 0 Å². The van der Waals surface area contributed by atoms with Crippen molar-refractivity contribution in [2.24, 2.45) is 5.73 Å². The van der Waals surface area contributed by atoms with Crippen LogP contribution < -0.4 is 11.1 Å². The van der Waals surface area contributed by atoms with Crippen molar-refractivity contribution >= 4 is 11.9 Å². The van der Waals surface area contributed by atoms with E-state index in [1.54, 1.807) is 7.11 Å². The summed E-state index contributed by atoms with van der Waals surface area (Å²) in [6, 6.07) is -1.83. The molecule has 6 nitrogen and oxygen atoms in total. The number of carbonyl (C=O) groups is 2. The number of nitrogens with one attached hydrogen (secondary N) is 1. The Labute approximate surface area is 101 Å². The summed E-state index contributed by atoms with van der Waals surface area (Å²) in [5.74, 6) is 0.513. The SMILES string of the molecule is C#CCC(NC(=O)C(N)CCCOC)C(=O)O. The number of aliphatic carboxylic acids is 1. The molecule has 0 aromatic heterocycles. The van der Waals surface area contributed by atoms with Crippen molar-refractivity contribution in [3.8, 4) is 12.3 Å². The molecule has 0 aliphatic heterocycles. The van der Waals surface area contributed by atoms with Crippen LogP contribution in [-0.4, -0.2) is 42.8 Å². The summed E-state index contributed by atoms with van der Waals surface area (Å²) in [6.07, 6.45) is 6.01. The topological polar surface area (TPSA) is 102 Å². The fourth-order valence-electron chi connectivity index (χ4n) is 1.18. The van der Waals surface area contributed by atoms with Crippen molar-refractivity contribution in [2.45, 2.75) is 31.3 Å². The quantitative estimate of drug-likeness (QED) is 0.387. The number of amides is 1.